The first-order valence-electron chi connectivity index (χ1n) is 3.85. The molecule has 1 aromatic rings. The molecule has 1 saturated heterocycles. The molecule has 1 heterocycles. The van der Waals surface area contributed by atoms with Crippen molar-refractivity contribution in [2.45, 2.75) is 6.10 Å². The fourth-order valence-electron chi connectivity index (χ4n) is 0.886. The van der Waals surface area contributed by atoms with E-state index in [1.807, 2.05) is 12.1 Å². The van der Waals surface area contributed by atoms with Crippen LogP contribution in [0.25, 0.3) is 0 Å². The van der Waals surface area contributed by atoms with E-state index in [1.54, 1.807) is 12.1 Å². The Morgan fingerprint density at radius 3 is 2.85 bits per heavy atom. The smallest absolute Gasteiger partial charge is 0.343 e. The Morgan fingerprint density at radius 2 is 2.23 bits per heavy atom. The van der Waals surface area contributed by atoms with Crippen LogP contribution in [-0.4, -0.2) is 18.7 Å². The topological polar surface area (TPSA) is 38.8 Å². The molecule has 2 rings (SSSR count). The Labute approximate surface area is 83.8 Å². The van der Waals surface area contributed by atoms with Crippen molar-refractivity contribution in [1.82, 2.24) is 0 Å². The molecule has 0 amide bonds. The summed E-state index contributed by atoms with van der Waals surface area (Å²) in [6, 6.07) is 7.21. The van der Waals surface area contributed by atoms with Gasteiger partial charge in [0.15, 0.2) is 6.10 Å². The molecule has 1 aliphatic rings. The monoisotopic (exact) mass is 242 g/mol. The fraction of sp³-hybridized carbons (Fsp3) is 0.222. The fourth-order valence-corrected chi connectivity index (χ4v) is 1.25. The number of ether oxygens (including phenoxy) is 2. The Balaban J connectivity index is 2.08. The highest BCUT2D eigenvalue weighted by molar-refractivity contribution is 9.10. The minimum atomic E-state index is -0.355. The third kappa shape index (κ3) is 2.08. The number of carbonyl (C=O) groups excluding carboxylic acids is 1. The summed E-state index contributed by atoms with van der Waals surface area (Å²) < 4.78 is 10.6. The molecule has 1 atom stereocenters. The second-order valence-electron chi connectivity index (χ2n) is 2.67. The van der Waals surface area contributed by atoms with E-state index in [4.69, 9.17) is 9.47 Å². The van der Waals surface area contributed by atoms with E-state index in [9.17, 15) is 4.79 Å². The number of epoxide rings is 1. The SMILES string of the molecule is O=C(Oc1ccccc1Br)C1CO1. The van der Waals surface area contributed by atoms with Crippen LogP contribution in [0.15, 0.2) is 28.7 Å². The van der Waals surface area contributed by atoms with Gasteiger partial charge in [-0.25, -0.2) is 4.79 Å². The van der Waals surface area contributed by atoms with E-state index in [0.717, 1.165) is 4.47 Å². The maximum atomic E-state index is 11.2. The molecule has 0 radical (unpaired) electrons. The van der Waals surface area contributed by atoms with Crippen LogP contribution >= 0.6 is 15.9 Å². The highest BCUT2D eigenvalue weighted by atomic mass is 79.9. The molecule has 0 saturated carbocycles. The highest BCUT2D eigenvalue weighted by Gasteiger charge is 2.33. The molecule has 3 nitrogen and oxygen atoms in total. The Kier molecular flexibility index (Phi) is 2.33. The average Bonchev–Trinajstić information content (AvgIpc) is 2.91. The minimum absolute atomic E-state index is 0.327. The summed E-state index contributed by atoms with van der Waals surface area (Å²) in [4.78, 5) is 11.2. The van der Waals surface area contributed by atoms with Crippen molar-refractivity contribution in [3.05, 3.63) is 28.7 Å². The Morgan fingerprint density at radius 1 is 1.54 bits per heavy atom. The lowest BCUT2D eigenvalue weighted by Crippen LogP contribution is -2.14. The van der Waals surface area contributed by atoms with Gasteiger partial charge in [0.1, 0.15) is 5.75 Å². The highest BCUT2D eigenvalue weighted by Crippen LogP contribution is 2.25. The first-order chi connectivity index (χ1) is 6.27. The molecule has 0 aromatic heterocycles. The number of halogens is 1. The summed E-state index contributed by atoms with van der Waals surface area (Å²) in [5.74, 6) is 0.204. The molecule has 13 heavy (non-hydrogen) atoms. The molecular formula is C9H7BrO3. The number of benzene rings is 1. The van der Waals surface area contributed by atoms with Crippen LogP contribution in [0.5, 0.6) is 5.75 Å². The summed E-state index contributed by atoms with van der Waals surface area (Å²) in [5, 5.41) is 0. The van der Waals surface area contributed by atoms with Crippen molar-refractivity contribution in [3.63, 3.8) is 0 Å². The van der Waals surface area contributed by atoms with Crippen LogP contribution in [0.3, 0.4) is 0 Å². The number of hydrogen-bond acceptors (Lipinski definition) is 3. The lowest BCUT2D eigenvalue weighted by Gasteiger charge is -2.03. The van der Waals surface area contributed by atoms with E-state index in [2.05, 4.69) is 15.9 Å². The zero-order chi connectivity index (χ0) is 9.26. The molecule has 4 heteroatoms. The Bertz CT molecular complexity index is 333. The minimum Gasteiger partial charge on any atom is -0.423 e. The van der Waals surface area contributed by atoms with Gasteiger partial charge in [0.05, 0.1) is 11.1 Å². The van der Waals surface area contributed by atoms with Gasteiger partial charge in [0.2, 0.25) is 0 Å². The van der Waals surface area contributed by atoms with E-state index >= 15 is 0 Å². The van der Waals surface area contributed by atoms with Crippen LogP contribution in [0.2, 0.25) is 0 Å². The number of hydrogen-bond donors (Lipinski definition) is 0. The molecule has 1 fully saturated rings. The van der Waals surface area contributed by atoms with Gasteiger partial charge in [0.25, 0.3) is 0 Å². The maximum absolute atomic E-state index is 11.2. The van der Waals surface area contributed by atoms with Crippen LogP contribution in [0.4, 0.5) is 0 Å². The van der Waals surface area contributed by atoms with Crippen LogP contribution in [0, 0.1) is 0 Å². The third-order valence-electron chi connectivity index (χ3n) is 1.64. The standard InChI is InChI=1S/C9H7BrO3/c10-6-3-1-2-4-7(6)13-9(11)8-5-12-8/h1-4,8H,5H2. The maximum Gasteiger partial charge on any atom is 0.343 e. The molecular weight excluding hydrogens is 236 g/mol. The molecule has 1 aromatic carbocycles. The van der Waals surface area contributed by atoms with Gasteiger partial charge in [-0.3, -0.25) is 0 Å². The summed E-state index contributed by atoms with van der Waals surface area (Å²) in [6.07, 6.45) is -0.355. The van der Waals surface area contributed by atoms with Gasteiger partial charge in [-0.2, -0.15) is 0 Å². The van der Waals surface area contributed by atoms with Crippen molar-refractivity contribution in [2.75, 3.05) is 6.61 Å². The molecule has 1 aliphatic heterocycles. The Hall–Kier alpha value is -0.870. The number of carbonyl (C=O) groups is 1. The van der Waals surface area contributed by atoms with Gasteiger partial charge in [-0.15, -0.1) is 0 Å². The zero-order valence-corrected chi connectivity index (χ0v) is 8.28. The third-order valence-corrected chi connectivity index (χ3v) is 2.30. The summed E-state index contributed by atoms with van der Waals surface area (Å²) in [7, 11) is 0. The first kappa shape index (κ1) is 8.72. The summed E-state index contributed by atoms with van der Waals surface area (Å²) in [6.45, 7) is 0.475. The van der Waals surface area contributed by atoms with Crippen molar-refractivity contribution in [1.29, 1.82) is 0 Å². The first-order valence-corrected chi connectivity index (χ1v) is 4.64. The van der Waals surface area contributed by atoms with E-state index < -0.39 is 0 Å². The van der Waals surface area contributed by atoms with Gasteiger partial charge < -0.3 is 9.47 Å². The second kappa shape index (κ2) is 3.47. The summed E-state index contributed by atoms with van der Waals surface area (Å²) >= 11 is 3.28. The predicted molar refractivity (Wildman–Crippen MR) is 49.5 cm³/mol. The van der Waals surface area contributed by atoms with Gasteiger partial charge >= 0.3 is 5.97 Å². The zero-order valence-electron chi connectivity index (χ0n) is 6.70. The summed E-state index contributed by atoms with van der Waals surface area (Å²) in [5.41, 5.74) is 0. The molecule has 0 N–H and O–H groups in total. The van der Waals surface area contributed by atoms with Crippen LogP contribution in [-0.2, 0) is 9.53 Å². The van der Waals surface area contributed by atoms with Crippen molar-refractivity contribution >= 4 is 21.9 Å². The normalized spacial score (nSPS) is 19.6. The second-order valence-corrected chi connectivity index (χ2v) is 3.53. The van der Waals surface area contributed by atoms with Gasteiger partial charge in [-0.1, -0.05) is 12.1 Å². The lowest BCUT2D eigenvalue weighted by atomic mass is 10.3. The van der Waals surface area contributed by atoms with Gasteiger partial charge in [-0.05, 0) is 28.1 Å². The molecule has 0 aliphatic carbocycles. The molecule has 1 unspecified atom stereocenters. The molecule has 0 bridgehead atoms. The van der Waals surface area contributed by atoms with Crippen molar-refractivity contribution < 1.29 is 14.3 Å². The van der Waals surface area contributed by atoms with Crippen LogP contribution < -0.4 is 4.74 Å². The van der Waals surface area contributed by atoms with Crippen LogP contribution in [0.1, 0.15) is 0 Å². The van der Waals surface area contributed by atoms with E-state index in [1.165, 1.54) is 0 Å². The molecule has 0 spiro atoms. The van der Waals surface area contributed by atoms with Crippen molar-refractivity contribution in [3.8, 4) is 5.75 Å². The van der Waals surface area contributed by atoms with E-state index in [-0.39, 0.29) is 12.1 Å². The van der Waals surface area contributed by atoms with Crippen molar-refractivity contribution in [2.24, 2.45) is 0 Å². The lowest BCUT2D eigenvalue weighted by molar-refractivity contribution is -0.135. The number of rotatable bonds is 2. The predicted octanol–water partition coefficient (Wildman–Crippen LogP) is 1.75. The van der Waals surface area contributed by atoms with E-state index in [0.29, 0.717) is 12.4 Å². The largest absolute Gasteiger partial charge is 0.423 e. The number of esters is 1. The number of para-hydroxylation sites is 1. The van der Waals surface area contributed by atoms with Gasteiger partial charge in [0, 0.05) is 0 Å². The average molecular weight is 243 g/mol. The quantitative estimate of drug-likeness (QED) is 0.451. The molecule has 68 valence electrons.